The van der Waals surface area contributed by atoms with E-state index < -0.39 is 20.8 Å². The first-order valence-corrected chi connectivity index (χ1v) is 4.10. The molecule has 0 saturated carbocycles. The maximum absolute atomic E-state index is 8.63. The summed E-state index contributed by atoms with van der Waals surface area (Å²) < 4.78 is 65.7. The summed E-state index contributed by atoms with van der Waals surface area (Å²) in [4.78, 5) is 0. The van der Waals surface area contributed by atoms with Crippen molar-refractivity contribution in [2.24, 2.45) is 0 Å². The minimum Gasteiger partial charge on any atom is -0.726 e. The van der Waals surface area contributed by atoms with Gasteiger partial charge in [-0.15, -0.1) is 0 Å². The molecule has 0 radical (unpaired) electrons. The van der Waals surface area contributed by atoms with E-state index in [1.54, 1.807) is 0 Å². The first-order chi connectivity index (χ1) is 4.00. The molecule has 0 aliphatic carbocycles. The van der Waals surface area contributed by atoms with Crippen molar-refractivity contribution in [2.75, 3.05) is 0 Å². The summed E-state index contributed by atoms with van der Waals surface area (Å²) in [5.74, 6) is 0. The van der Waals surface area contributed by atoms with Crippen LogP contribution >= 0.6 is 0 Å². The van der Waals surface area contributed by atoms with Crippen molar-refractivity contribution in [1.82, 2.24) is 6.15 Å². The van der Waals surface area contributed by atoms with Crippen molar-refractivity contribution >= 4 is 58.5 Å². The third kappa shape index (κ3) is 1180. The fraction of sp³-hybridized carbons (Fsp3) is 0. The summed E-state index contributed by atoms with van der Waals surface area (Å²) in [6.07, 6.45) is 0. The quantitative estimate of drug-likeness (QED) is 0.243. The Hall–Kier alpha value is 0.960. The zero-order valence-electron chi connectivity index (χ0n) is 5.57. The van der Waals surface area contributed by atoms with Gasteiger partial charge in [0.25, 0.3) is 0 Å². The summed E-state index contributed by atoms with van der Waals surface area (Å²) in [5, 5.41) is 0. The zero-order valence-corrected chi connectivity index (χ0v) is 9.42. The summed E-state index contributed by atoms with van der Waals surface area (Å²) in [5.41, 5.74) is 0. The molecule has 12 heavy (non-hydrogen) atoms. The third-order valence-electron chi connectivity index (χ3n) is 0. The molecule has 12 heteroatoms. The normalized spacial score (nSPS) is 9.67. The topological polar surface area (TPSA) is 190 Å². The minimum absolute atomic E-state index is 0. The van der Waals surface area contributed by atoms with Gasteiger partial charge < -0.3 is 15.3 Å². The van der Waals surface area contributed by atoms with Crippen molar-refractivity contribution in [3.8, 4) is 0 Å². The van der Waals surface area contributed by atoms with E-state index in [1.165, 1.54) is 0 Å². The second kappa shape index (κ2) is 8.55. The SMILES string of the molecule is N.O=S(=O)([O-])O.O=S(=O)([O-])O.[Ca+2]. The summed E-state index contributed by atoms with van der Waals surface area (Å²) in [6, 6.07) is 0. The summed E-state index contributed by atoms with van der Waals surface area (Å²) in [6.45, 7) is 0. The first kappa shape index (κ1) is 23.1. The monoisotopic (exact) mass is 251 g/mol. The van der Waals surface area contributed by atoms with Gasteiger partial charge in [-0.2, -0.15) is 0 Å². The van der Waals surface area contributed by atoms with Gasteiger partial charge in [-0.05, 0) is 0 Å². The molecule has 72 valence electrons. The Kier molecular flexibility index (Phi) is 16.5. The Morgan fingerprint density at radius 2 is 0.833 bits per heavy atom. The molecule has 0 aromatic heterocycles. The fourth-order valence-corrected chi connectivity index (χ4v) is 0. The maximum atomic E-state index is 8.63. The summed E-state index contributed by atoms with van der Waals surface area (Å²) >= 11 is 0. The number of hydrogen-bond donors (Lipinski definition) is 3. The van der Waals surface area contributed by atoms with Gasteiger partial charge in [0.2, 0.25) is 20.8 Å². The molecule has 0 rings (SSSR count). The molecule has 5 N–H and O–H groups in total. The van der Waals surface area contributed by atoms with Crippen molar-refractivity contribution in [3.05, 3.63) is 0 Å². The van der Waals surface area contributed by atoms with Crippen molar-refractivity contribution in [2.45, 2.75) is 0 Å². The number of rotatable bonds is 0. The molecule has 0 atom stereocenters. The Morgan fingerprint density at radius 1 is 0.833 bits per heavy atom. The van der Waals surface area contributed by atoms with Gasteiger partial charge in [0, 0.05) is 0 Å². The van der Waals surface area contributed by atoms with E-state index in [4.69, 9.17) is 35.0 Å². The molecule has 0 aromatic carbocycles. The predicted octanol–water partition coefficient (Wildman–Crippen LogP) is -2.21. The molecule has 0 aliphatic rings. The summed E-state index contributed by atoms with van der Waals surface area (Å²) in [7, 11) is -9.83. The zero-order chi connectivity index (χ0) is 9.00. The van der Waals surface area contributed by atoms with E-state index >= 15 is 0 Å². The molecular formula is H5CaNO8S2. The van der Waals surface area contributed by atoms with E-state index in [2.05, 4.69) is 0 Å². The molecule has 0 saturated heterocycles. The standard InChI is InChI=1S/Ca.H3N.2H2O4S/c;;2*1-5(2,3)4/h;1H3;2*(H2,1,2,3,4)/q+2;;;/p-2. The van der Waals surface area contributed by atoms with Crippen LogP contribution in [0.4, 0.5) is 0 Å². The second-order valence-corrected chi connectivity index (χ2v) is 2.57. The molecule has 0 amide bonds. The van der Waals surface area contributed by atoms with Gasteiger partial charge in [-0.1, -0.05) is 0 Å². The van der Waals surface area contributed by atoms with Crippen LogP contribution in [0.1, 0.15) is 0 Å². The van der Waals surface area contributed by atoms with Crippen molar-refractivity contribution in [3.63, 3.8) is 0 Å². The van der Waals surface area contributed by atoms with Crippen LogP contribution in [0.5, 0.6) is 0 Å². The van der Waals surface area contributed by atoms with Crippen LogP contribution in [0.15, 0.2) is 0 Å². The van der Waals surface area contributed by atoms with Gasteiger partial charge >= 0.3 is 37.7 Å². The minimum atomic E-state index is -4.92. The Bertz CT molecular complexity index is 213. The second-order valence-electron chi connectivity index (χ2n) is 0.855. The predicted molar refractivity (Wildman–Crippen MR) is 35.4 cm³/mol. The van der Waals surface area contributed by atoms with Crippen LogP contribution in [0.25, 0.3) is 0 Å². The maximum Gasteiger partial charge on any atom is 2.00 e. The van der Waals surface area contributed by atoms with Crippen LogP contribution in [0.2, 0.25) is 0 Å². The van der Waals surface area contributed by atoms with Gasteiger partial charge in [-0.25, -0.2) is 16.8 Å². The van der Waals surface area contributed by atoms with Gasteiger partial charge in [-0.3, -0.25) is 9.11 Å². The van der Waals surface area contributed by atoms with E-state index in [0.717, 1.165) is 0 Å². The molecule has 0 heterocycles. The Labute approximate surface area is 98.9 Å². The largest absolute Gasteiger partial charge is 2.00 e. The van der Waals surface area contributed by atoms with Gasteiger partial charge in [0.05, 0.1) is 0 Å². The Balaban J connectivity index is -0.0000000457. The van der Waals surface area contributed by atoms with Crippen LogP contribution in [0.3, 0.4) is 0 Å². The van der Waals surface area contributed by atoms with Crippen LogP contribution in [0, 0.1) is 0 Å². The van der Waals surface area contributed by atoms with Crippen molar-refractivity contribution in [1.29, 1.82) is 0 Å². The fourth-order valence-electron chi connectivity index (χ4n) is 0. The van der Waals surface area contributed by atoms with E-state index in [0.29, 0.717) is 0 Å². The van der Waals surface area contributed by atoms with Crippen LogP contribution in [-0.2, 0) is 20.8 Å². The first-order valence-electron chi connectivity index (χ1n) is 1.37. The molecule has 0 spiro atoms. The third-order valence-corrected chi connectivity index (χ3v) is 0. The van der Waals surface area contributed by atoms with E-state index in [-0.39, 0.29) is 43.9 Å². The van der Waals surface area contributed by atoms with Crippen LogP contribution in [-0.4, -0.2) is 72.8 Å². The average Bonchev–Trinajstić information content (AvgIpc) is 1.12. The molecular weight excluding hydrogens is 246 g/mol. The van der Waals surface area contributed by atoms with Crippen molar-refractivity contribution < 1.29 is 35.0 Å². The van der Waals surface area contributed by atoms with E-state index in [9.17, 15) is 0 Å². The molecule has 0 aromatic rings. The van der Waals surface area contributed by atoms with Gasteiger partial charge in [0.15, 0.2) is 0 Å². The Morgan fingerprint density at radius 3 is 0.833 bits per heavy atom. The van der Waals surface area contributed by atoms with E-state index in [1.807, 2.05) is 0 Å². The molecule has 0 fully saturated rings. The average molecular weight is 251 g/mol. The molecule has 0 aliphatic heterocycles. The number of hydrogen-bond acceptors (Lipinski definition) is 7. The molecule has 0 unspecified atom stereocenters. The molecule has 9 nitrogen and oxygen atoms in total. The van der Waals surface area contributed by atoms with Gasteiger partial charge in [0.1, 0.15) is 0 Å². The molecule has 0 bridgehead atoms. The van der Waals surface area contributed by atoms with Crippen LogP contribution < -0.4 is 6.15 Å². The smallest absolute Gasteiger partial charge is 0.726 e.